The number of aromatic nitrogens is 6. The Labute approximate surface area is 421 Å². The Morgan fingerprint density at radius 1 is 0.274 bits per heavy atom. The summed E-state index contributed by atoms with van der Waals surface area (Å²) < 4.78 is 9.29. The number of nitrogens with zero attached hydrogens (tertiary/aromatic N) is 6. The zero-order chi connectivity index (χ0) is 48.0. The fourth-order valence-electron chi connectivity index (χ4n) is 12.0. The van der Waals surface area contributed by atoms with Crippen LogP contribution >= 0.6 is 0 Å². The Morgan fingerprint density at radius 3 is 1.30 bits per heavy atom. The molecule has 0 saturated carbocycles. The molecule has 0 saturated heterocycles. The molecule has 0 aliphatic heterocycles. The highest BCUT2D eigenvalue weighted by molar-refractivity contribution is 7.20. The first-order valence-corrected chi connectivity index (χ1v) is 26.9. The van der Waals surface area contributed by atoms with Gasteiger partial charge in [-0.3, -0.25) is 13.5 Å². The van der Waals surface area contributed by atoms with Gasteiger partial charge in [0.1, 0.15) is 11.6 Å². The second kappa shape index (κ2) is 16.2. The summed E-state index contributed by atoms with van der Waals surface area (Å²) in [7, 11) is -3.09. The van der Waals surface area contributed by atoms with Crippen LogP contribution in [0.2, 0.25) is 0 Å². The highest BCUT2D eigenvalue weighted by Crippen LogP contribution is 2.36. The third-order valence-electron chi connectivity index (χ3n) is 15.1. The molecule has 73 heavy (non-hydrogen) atoms. The minimum atomic E-state index is -3.09. The maximum atomic E-state index is 5.68. The summed E-state index contributed by atoms with van der Waals surface area (Å²) in [4.78, 5) is 11.0. The number of fused-ring (bicyclic) bond motifs is 11. The number of para-hydroxylation sites is 8. The standard InChI is InChI=1S/C66H44N6Si/c1-3-23-48(24-4-1)73(49-25-5-2-6-26-49,51-28-20-22-47(44-51)69-57-34-12-7-29-52(57)53-30-8-13-35-58(53)69)50-27-19-21-45(41-50)46-42-64(70-59-36-14-9-31-54(59)55-32-10-15-37-60(55)70)68-65(43-46)72-63-40-18-17-39-62(63)71-61-38-16-11-33-56(61)67-66(71)72/h1-44H. The molecule has 0 N–H and O–H groups in total. The first-order chi connectivity index (χ1) is 36.2. The van der Waals surface area contributed by atoms with Gasteiger partial charge in [-0.05, 0) is 105 Å². The van der Waals surface area contributed by atoms with Crippen LogP contribution in [0.4, 0.5) is 0 Å². The van der Waals surface area contributed by atoms with E-state index in [4.69, 9.17) is 9.97 Å². The molecule has 0 radical (unpaired) electrons. The predicted molar refractivity (Wildman–Crippen MR) is 305 cm³/mol. The highest BCUT2D eigenvalue weighted by Gasteiger charge is 2.42. The van der Waals surface area contributed by atoms with Gasteiger partial charge in [-0.1, -0.05) is 194 Å². The average Bonchev–Trinajstić information content (AvgIpc) is 4.20. The minimum absolute atomic E-state index is 0.787. The molecule has 0 bridgehead atoms. The van der Waals surface area contributed by atoms with Gasteiger partial charge in [0.25, 0.3) is 0 Å². The highest BCUT2D eigenvalue weighted by atomic mass is 28.3. The van der Waals surface area contributed by atoms with Crippen molar-refractivity contribution in [3.05, 3.63) is 267 Å². The normalized spacial score (nSPS) is 12.1. The van der Waals surface area contributed by atoms with Crippen LogP contribution in [-0.4, -0.2) is 36.1 Å². The number of hydrogen-bond acceptors (Lipinski definition) is 2. The van der Waals surface area contributed by atoms with Crippen LogP contribution < -0.4 is 20.7 Å². The summed E-state index contributed by atoms with van der Waals surface area (Å²) in [6.45, 7) is 0. The van der Waals surface area contributed by atoms with Gasteiger partial charge in [-0.15, -0.1) is 0 Å². The van der Waals surface area contributed by atoms with E-state index in [0.717, 1.165) is 67.3 Å². The smallest absolute Gasteiger partial charge is 0.221 e. The molecule has 0 atom stereocenters. The minimum Gasteiger partial charge on any atom is -0.309 e. The Hall–Kier alpha value is -9.56. The third kappa shape index (κ3) is 6.16. The summed E-state index contributed by atoms with van der Waals surface area (Å²) in [6, 6.07) is 97.7. The Morgan fingerprint density at radius 2 is 0.712 bits per heavy atom. The van der Waals surface area contributed by atoms with Gasteiger partial charge in [-0.2, -0.15) is 0 Å². The summed E-state index contributed by atoms with van der Waals surface area (Å²) in [6.07, 6.45) is 0. The van der Waals surface area contributed by atoms with E-state index in [0.29, 0.717) is 0 Å². The van der Waals surface area contributed by atoms with Gasteiger partial charge in [0.15, 0.2) is 8.07 Å². The molecule has 0 amide bonds. The van der Waals surface area contributed by atoms with Gasteiger partial charge in [0, 0.05) is 27.2 Å². The second-order valence-electron chi connectivity index (χ2n) is 19.0. The molecule has 15 rings (SSSR count). The van der Waals surface area contributed by atoms with Gasteiger partial charge >= 0.3 is 0 Å². The predicted octanol–water partition coefficient (Wildman–Crippen LogP) is 13.1. The summed E-state index contributed by atoms with van der Waals surface area (Å²) >= 11 is 0. The molecule has 0 spiro atoms. The number of imidazole rings is 2. The van der Waals surface area contributed by atoms with Crippen molar-refractivity contribution >= 4 is 100 Å². The third-order valence-corrected chi connectivity index (χ3v) is 19.9. The van der Waals surface area contributed by atoms with Crippen molar-refractivity contribution in [1.82, 2.24) is 28.1 Å². The van der Waals surface area contributed by atoms with Crippen LogP contribution in [0.1, 0.15) is 0 Å². The van der Waals surface area contributed by atoms with E-state index in [1.54, 1.807) is 0 Å². The maximum absolute atomic E-state index is 5.68. The van der Waals surface area contributed by atoms with Gasteiger partial charge in [-0.25, -0.2) is 9.97 Å². The van der Waals surface area contributed by atoms with E-state index in [9.17, 15) is 0 Å². The van der Waals surface area contributed by atoms with Crippen LogP contribution in [0.3, 0.4) is 0 Å². The van der Waals surface area contributed by atoms with Crippen LogP contribution in [0, 0.1) is 0 Å². The molecule has 342 valence electrons. The number of rotatable bonds is 8. The van der Waals surface area contributed by atoms with E-state index < -0.39 is 8.07 Å². The topological polar surface area (TPSA) is 45.0 Å². The van der Waals surface area contributed by atoms with Crippen molar-refractivity contribution in [1.29, 1.82) is 0 Å². The maximum Gasteiger partial charge on any atom is 0.221 e. The monoisotopic (exact) mass is 948 g/mol. The van der Waals surface area contributed by atoms with Crippen molar-refractivity contribution in [3.63, 3.8) is 0 Å². The molecule has 0 aliphatic rings. The summed E-state index contributed by atoms with van der Waals surface area (Å²) in [5.74, 6) is 2.43. The van der Waals surface area contributed by atoms with Crippen LogP contribution in [0.25, 0.3) is 99.9 Å². The lowest BCUT2D eigenvalue weighted by Crippen LogP contribution is -2.74. The molecule has 7 heteroatoms. The molecular formula is C66H44N6Si. The van der Waals surface area contributed by atoms with Crippen molar-refractivity contribution in [2.75, 3.05) is 0 Å². The Bertz CT molecular complexity index is 4490. The van der Waals surface area contributed by atoms with E-state index in [-0.39, 0.29) is 0 Å². The first-order valence-electron chi connectivity index (χ1n) is 24.9. The molecule has 6 nitrogen and oxygen atoms in total. The van der Waals surface area contributed by atoms with Gasteiger partial charge in [0.05, 0.1) is 44.1 Å². The van der Waals surface area contributed by atoms with E-state index in [2.05, 4.69) is 285 Å². The van der Waals surface area contributed by atoms with Crippen molar-refractivity contribution in [2.24, 2.45) is 0 Å². The first kappa shape index (κ1) is 41.2. The van der Waals surface area contributed by atoms with E-state index in [1.807, 2.05) is 0 Å². The Kier molecular flexibility index (Phi) is 9.18. The van der Waals surface area contributed by atoms with Crippen molar-refractivity contribution < 1.29 is 0 Å². The fraction of sp³-hybridized carbons (Fsp3) is 0. The molecule has 15 aromatic rings. The zero-order valence-electron chi connectivity index (χ0n) is 39.6. The molecule has 0 fully saturated rings. The van der Waals surface area contributed by atoms with E-state index >= 15 is 0 Å². The van der Waals surface area contributed by atoms with Crippen LogP contribution in [-0.2, 0) is 0 Å². The molecule has 5 aromatic heterocycles. The quantitative estimate of drug-likeness (QED) is 0.113. The largest absolute Gasteiger partial charge is 0.309 e. The molecule has 10 aromatic carbocycles. The number of benzene rings is 10. The van der Waals surface area contributed by atoms with Crippen molar-refractivity contribution in [2.45, 2.75) is 0 Å². The van der Waals surface area contributed by atoms with Crippen LogP contribution in [0.15, 0.2) is 267 Å². The Balaban J connectivity index is 1.01. The number of pyridine rings is 1. The summed E-state index contributed by atoms with van der Waals surface area (Å²) in [5.41, 5.74) is 12.0. The fourth-order valence-corrected chi connectivity index (χ4v) is 16.8. The zero-order valence-corrected chi connectivity index (χ0v) is 40.6. The molecule has 0 unspecified atom stereocenters. The number of hydrogen-bond donors (Lipinski definition) is 0. The lowest BCUT2D eigenvalue weighted by molar-refractivity contribution is 0.997. The van der Waals surface area contributed by atoms with E-state index in [1.165, 1.54) is 53.3 Å². The van der Waals surface area contributed by atoms with Gasteiger partial charge in [0.2, 0.25) is 5.78 Å². The second-order valence-corrected chi connectivity index (χ2v) is 22.8. The van der Waals surface area contributed by atoms with Crippen LogP contribution in [0.5, 0.6) is 0 Å². The lowest BCUT2D eigenvalue weighted by atomic mass is 10.1. The van der Waals surface area contributed by atoms with Gasteiger partial charge < -0.3 is 4.57 Å². The lowest BCUT2D eigenvalue weighted by Gasteiger charge is -2.35. The SMILES string of the molecule is c1ccc([Si](c2ccccc2)(c2cccc(-c3cc(-n4c5ccccc5c5ccccc54)nc(-n4c5ccccc5n5c6ccccc6nc45)c3)c2)c2cccc(-n3c4ccccc4c4ccccc43)c2)cc1. The molecule has 5 heterocycles. The molecule has 0 aliphatic carbocycles. The van der Waals surface area contributed by atoms with Crippen molar-refractivity contribution in [3.8, 4) is 28.5 Å². The summed E-state index contributed by atoms with van der Waals surface area (Å²) in [5, 5.41) is 10.1. The molecular weight excluding hydrogens is 905 g/mol. The average molecular weight is 949 g/mol.